The van der Waals surface area contributed by atoms with Crippen molar-refractivity contribution in [3.05, 3.63) is 11.7 Å². The molecule has 1 aromatic heterocycles. The summed E-state index contributed by atoms with van der Waals surface area (Å²) in [5.74, 6) is 0.378. The molecule has 2 unspecified atom stereocenters. The Bertz CT molecular complexity index is 424. The molecule has 15 heavy (non-hydrogen) atoms. The molecule has 2 atom stereocenters. The van der Waals surface area contributed by atoms with Crippen molar-refractivity contribution in [2.45, 2.75) is 31.6 Å². The number of rotatable bonds is 4. The summed E-state index contributed by atoms with van der Waals surface area (Å²) >= 11 is 0. The fourth-order valence-electron chi connectivity index (χ4n) is 0.960. The van der Waals surface area contributed by atoms with Crippen molar-refractivity contribution < 1.29 is 18.0 Å². The van der Waals surface area contributed by atoms with E-state index in [9.17, 15) is 8.42 Å². The van der Waals surface area contributed by atoms with E-state index in [1.54, 1.807) is 6.92 Å². The van der Waals surface area contributed by atoms with Gasteiger partial charge >= 0.3 is 0 Å². The fourth-order valence-corrected chi connectivity index (χ4v) is 1.44. The monoisotopic (exact) mass is 234 g/mol. The van der Waals surface area contributed by atoms with Gasteiger partial charge in [-0.05, 0) is 13.8 Å². The van der Waals surface area contributed by atoms with Gasteiger partial charge in [0, 0.05) is 6.26 Å². The number of hydrogen-bond acceptors (Lipinski definition) is 6. The Hall–Kier alpha value is -0.950. The van der Waals surface area contributed by atoms with Gasteiger partial charge in [0.05, 0.1) is 12.5 Å². The number of sulfone groups is 1. The Balaban J connectivity index is 2.85. The number of aliphatic hydroxyl groups is 1. The second-order valence-corrected chi connectivity index (χ2v) is 5.94. The summed E-state index contributed by atoms with van der Waals surface area (Å²) in [5.41, 5.74) is 0. The predicted molar refractivity (Wildman–Crippen MR) is 52.9 cm³/mol. The Kier molecular flexibility index (Phi) is 3.46. The minimum Gasteiger partial charge on any atom is -0.393 e. The standard InChI is InChI=1S/C8H14N2O4S/c1-5(11)4-7-9-8(10-14-7)6(2)15(3,12)13/h5-6,11H,4H2,1-3H3. The first kappa shape index (κ1) is 12.1. The van der Waals surface area contributed by atoms with E-state index < -0.39 is 21.2 Å². The molecule has 0 saturated heterocycles. The van der Waals surface area contributed by atoms with Crippen LogP contribution in [0.3, 0.4) is 0 Å². The lowest BCUT2D eigenvalue weighted by atomic mass is 10.3. The Morgan fingerprint density at radius 3 is 2.53 bits per heavy atom. The molecule has 6 nitrogen and oxygen atoms in total. The van der Waals surface area contributed by atoms with E-state index in [0.29, 0.717) is 0 Å². The Morgan fingerprint density at radius 2 is 2.07 bits per heavy atom. The van der Waals surface area contributed by atoms with Crippen LogP contribution < -0.4 is 0 Å². The minimum absolute atomic E-state index is 0.133. The third-order valence-corrected chi connectivity index (χ3v) is 3.45. The van der Waals surface area contributed by atoms with E-state index in [1.807, 2.05) is 0 Å². The smallest absolute Gasteiger partial charge is 0.229 e. The highest BCUT2D eigenvalue weighted by Crippen LogP contribution is 2.17. The molecule has 0 fully saturated rings. The Labute approximate surface area is 88.2 Å². The van der Waals surface area contributed by atoms with Crippen LogP contribution in [0.5, 0.6) is 0 Å². The highest BCUT2D eigenvalue weighted by Gasteiger charge is 2.23. The summed E-state index contributed by atoms with van der Waals surface area (Å²) < 4.78 is 27.2. The van der Waals surface area contributed by atoms with Crippen molar-refractivity contribution in [2.75, 3.05) is 6.26 Å². The quantitative estimate of drug-likeness (QED) is 0.794. The summed E-state index contributed by atoms with van der Waals surface area (Å²) in [5, 5.41) is 11.8. The van der Waals surface area contributed by atoms with Crippen LogP contribution in [0.4, 0.5) is 0 Å². The molecule has 1 N–H and O–H groups in total. The summed E-state index contributed by atoms with van der Waals surface area (Å²) in [6.07, 6.45) is 0.748. The van der Waals surface area contributed by atoms with Gasteiger partial charge in [0.1, 0.15) is 5.25 Å². The maximum Gasteiger partial charge on any atom is 0.229 e. The van der Waals surface area contributed by atoms with Crippen LogP contribution in [-0.2, 0) is 16.3 Å². The van der Waals surface area contributed by atoms with Crippen molar-refractivity contribution in [3.8, 4) is 0 Å². The molecular weight excluding hydrogens is 220 g/mol. The molecule has 7 heteroatoms. The number of aliphatic hydroxyl groups excluding tert-OH is 1. The molecule has 0 aliphatic heterocycles. The summed E-state index contributed by atoms with van der Waals surface area (Å²) in [4.78, 5) is 3.90. The molecule has 0 aromatic carbocycles. The van der Waals surface area contributed by atoms with Crippen LogP contribution in [0.15, 0.2) is 4.52 Å². The summed E-state index contributed by atoms with van der Waals surface area (Å²) in [7, 11) is -3.22. The molecule has 0 bridgehead atoms. The predicted octanol–water partition coefficient (Wildman–Crippen LogP) is 0.0985. The molecule has 0 saturated carbocycles. The van der Waals surface area contributed by atoms with Crippen molar-refractivity contribution in [2.24, 2.45) is 0 Å². The van der Waals surface area contributed by atoms with Gasteiger partial charge in [-0.25, -0.2) is 8.42 Å². The molecule has 0 spiro atoms. The van der Waals surface area contributed by atoms with Crippen LogP contribution in [0, 0.1) is 0 Å². The van der Waals surface area contributed by atoms with Crippen molar-refractivity contribution in [1.82, 2.24) is 10.1 Å². The zero-order valence-corrected chi connectivity index (χ0v) is 9.65. The topological polar surface area (TPSA) is 93.3 Å². The largest absolute Gasteiger partial charge is 0.393 e. The van der Waals surface area contributed by atoms with Gasteiger partial charge in [0.2, 0.25) is 5.89 Å². The number of hydrogen-bond donors (Lipinski definition) is 1. The van der Waals surface area contributed by atoms with E-state index in [0.717, 1.165) is 6.26 Å². The van der Waals surface area contributed by atoms with Gasteiger partial charge < -0.3 is 9.63 Å². The van der Waals surface area contributed by atoms with Gasteiger partial charge in [-0.15, -0.1) is 0 Å². The lowest BCUT2D eigenvalue weighted by Crippen LogP contribution is -2.10. The van der Waals surface area contributed by atoms with Gasteiger partial charge in [-0.2, -0.15) is 4.98 Å². The van der Waals surface area contributed by atoms with Crippen LogP contribution in [0.25, 0.3) is 0 Å². The van der Waals surface area contributed by atoms with Crippen molar-refractivity contribution in [3.63, 3.8) is 0 Å². The lowest BCUT2D eigenvalue weighted by Gasteiger charge is -2.01. The van der Waals surface area contributed by atoms with Gasteiger partial charge in [0.15, 0.2) is 15.7 Å². The van der Waals surface area contributed by atoms with Crippen LogP contribution in [0.1, 0.15) is 30.8 Å². The number of nitrogens with zero attached hydrogens (tertiary/aromatic N) is 2. The zero-order chi connectivity index (χ0) is 11.6. The molecule has 1 aromatic rings. The summed E-state index contributed by atoms with van der Waals surface area (Å²) in [6, 6.07) is 0. The average Bonchev–Trinajstić information content (AvgIpc) is 2.48. The highest BCUT2D eigenvalue weighted by molar-refractivity contribution is 7.90. The maximum atomic E-state index is 11.2. The van der Waals surface area contributed by atoms with E-state index in [-0.39, 0.29) is 18.1 Å². The molecule has 1 rings (SSSR count). The second kappa shape index (κ2) is 4.28. The van der Waals surface area contributed by atoms with Gasteiger partial charge in [0.25, 0.3) is 0 Å². The normalized spacial score (nSPS) is 16.3. The SMILES string of the molecule is CC(O)Cc1nc(C(C)S(C)(=O)=O)no1. The highest BCUT2D eigenvalue weighted by atomic mass is 32.2. The first-order chi connectivity index (χ1) is 6.80. The minimum atomic E-state index is -3.22. The molecule has 0 aliphatic rings. The first-order valence-corrected chi connectivity index (χ1v) is 6.45. The first-order valence-electron chi connectivity index (χ1n) is 4.50. The lowest BCUT2D eigenvalue weighted by molar-refractivity contribution is 0.181. The van der Waals surface area contributed by atoms with Crippen molar-refractivity contribution >= 4 is 9.84 Å². The fraction of sp³-hybridized carbons (Fsp3) is 0.750. The molecule has 0 amide bonds. The van der Waals surface area contributed by atoms with Crippen molar-refractivity contribution in [1.29, 1.82) is 0 Å². The average molecular weight is 234 g/mol. The zero-order valence-electron chi connectivity index (χ0n) is 8.84. The Morgan fingerprint density at radius 1 is 1.47 bits per heavy atom. The molecular formula is C8H14N2O4S. The molecule has 0 radical (unpaired) electrons. The van der Waals surface area contributed by atoms with Crippen LogP contribution in [0.2, 0.25) is 0 Å². The van der Waals surface area contributed by atoms with Crippen LogP contribution >= 0.6 is 0 Å². The van der Waals surface area contributed by atoms with E-state index >= 15 is 0 Å². The number of aromatic nitrogens is 2. The van der Waals surface area contributed by atoms with Gasteiger partial charge in [-0.1, -0.05) is 5.16 Å². The second-order valence-electron chi connectivity index (χ2n) is 3.57. The molecule has 1 heterocycles. The van der Waals surface area contributed by atoms with Gasteiger partial charge in [-0.3, -0.25) is 0 Å². The van der Waals surface area contributed by atoms with E-state index in [1.165, 1.54) is 6.92 Å². The van der Waals surface area contributed by atoms with Crippen LogP contribution in [-0.4, -0.2) is 36.0 Å². The molecule has 86 valence electrons. The maximum absolute atomic E-state index is 11.2. The van der Waals surface area contributed by atoms with E-state index in [4.69, 9.17) is 9.63 Å². The van der Waals surface area contributed by atoms with E-state index in [2.05, 4.69) is 10.1 Å². The summed E-state index contributed by atoms with van der Waals surface area (Å²) in [6.45, 7) is 3.08. The third kappa shape index (κ3) is 3.28. The molecule has 0 aliphatic carbocycles. The third-order valence-electron chi connectivity index (χ3n) is 1.96.